The molecule has 0 atom stereocenters. The topological polar surface area (TPSA) is 17.3 Å². The first kappa shape index (κ1) is 12.5. The smallest absolute Gasteiger partial charge is 0.138 e. The normalized spacial score (nSPS) is 11.2. The second-order valence-electron chi connectivity index (χ2n) is 4.56. The van der Waals surface area contributed by atoms with Crippen molar-refractivity contribution < 1.29 is 0 Å². The molecular formula is C15H11Cl2N2. The third-order valence-corrected chi connectivity index (χ3v) is 3.55. The molecule has 2 heterocycles. The summed E-state index contributed by atoms with van der Waals surface area (Å²) in [6.07, 6.45) is 3.25. The van der Waals surface area contributed by atoms with Crippen LogP contribution in [0.4, 0.5) is 0 Å². The molecule has 0 aliphatic heterocycles. The number of pyridine rings is 1. The average molecular weight is 290 g/mol. The zero-order chi connectivity index (χ0) is 13.6. The molecule has 0 spiro atoms. The molecule has 95 valence electrons. The second kappa shape index (κ2) is 4.55. The molecule has 2 nitrogen and oxygen atoms in total. The molecule has 0 saturated heterocycles. The van der Waals surface area contributed by atoms with Crippen LogP contribution in [0.3, 0.4) is 0 Å². The Hall–Kier alpha value is -1.51. The molecule has 0 unspecified atom stereocenters. The maximum absolute atomic E-state index is 6.21. The van der Waals surface area contributed by atoms with E-state index >= 15 is 0 Å². The predicted molar refractivity (Wildman–Crippen MR) is 79.0 cm³/mol. The van der Waals surface area contributed by atoms with Crippen LogP contribution in [0.1, 0.15) is 11.3 Å². The van der Waals surface area contributed by atoms with Crippen LogP contribution in [-0.2, 0) is 0 Å². The van der Waals surface area contributed by atoms with Crippen molar-refractivity contribution >= 4 is 28.8 Å². The van der Waals surface area contributed by atoms with E-state index < -0.39 is 0 Å². The minimum absolute atomic E-state index is 0.585. The van der Waals surface area contributed by atoms with Crippen LogP contribution in [0, 0.1) is 20.0 Å². The van der Waals surface area contributed by atoms with Gasteiger partial charge in [-0.3, -0.25) is 4.40 Å². The van der Waals surface area contributed by atoms with E-state index in [4.69, 9.17) is 23.2 Å². The van der Waals surface area contributed by atoms with Gasteiger partial charge in [-0.05, 0) is 49.7 Å². The average Bonchev–Trinajstić information content (AvgIpc) is 2.72. The van der Waals surface area contributed by atoms with Crippen molar-refractivity contribution in [1.29, 1.82) is 0 Å². The summed E-state index contributed by atoms with van der Waals surface area (Å²) in [6, 6.07) is 9.51. The molecule has 19 heavy (non-hydrogen) atoms. The maximum Gasteiger partial charge on any atom is 0.138 e. The van der Waals surface area contributed by atoms with Gasteiger partial charge in [-0.2, -0.15) is 0 Å². The monoisotopic (exact) mass is 289 g/mol. The highest BCUT2D eigenvalue weighted by atomic mass is 35.5. The Morgan fingerprint density at radius 3 is 2.63 bits per heavy atom. The lowest BCUT2D eigenvalue weighted by Crippen LogP contribution is -1.90. The summed E-state index contributed by atoms with van der Waals surface area (Å²) < 4.78 is 1.94. The molecule has 2 aromatic heterocycles. The van der Waals surface area contributed by atoms with Gasteiger partial charge in [0.05, 0.1) is 5.02 Å². The number of imidazole rings is 1. The van der Waals surface area contributed by atoms with E-state index in [2.05, 4.69) is 24.2 Å². The minimum Gasteiger partial charge on any atom is -0.295 e. The molecule has 1 aromatic carbocycles. The number of benzene rings is 1. The Labute approximate surface area is 121 Å². The number of nitrogens with zero attached hydrogens (tertiary/aromatic N) is 2. The van der Waals surface area contributed by atoms with Gasteiger partial charge in [-0.15, -0.1) is 0 Å². The van der Waals surface area contributed by atoms with Gasteiger partial charge in [0.1, 0.15) is 17.5 Å². The fourth-order valence-electron chi connectivity index (χ4n) is 2.16. The van der Waals surface area contributed by atoms with Gasteiger partial charge in [-0.25, -0.2) is 4.98 Å². The maximum atomic E-state index is 6.21. The molecule has 0 bridgehead atoms. The van der Waals surface area contributed by atoms with Gasteiger partial charge in [0.15, 0.2) is 0 Å². The zero-order valence-electron chi connectivity index (χ0n) is 10.5. The molecular weight excluding hydrogens is 279 g/mol. The van der Waals surface area contributed by atoms with Crippen molar-refractivity contribution in [3.05, 3.63) is 57.8 Å². The van der Waals surface area contributed by atoms with Crippen molar-refractivity contribution in [3.8, 4) is 11.3 Å². The summed E-state index contributed by atoms with van der Waals surface area (Å²) in [4.78, 5) is 4.58. The number of aryl methyl sites for hydroxylation is 2. The van der Waals surface area contributed by atoms with Crippen LogP contribution < -0.4 is 0 Å². The van der Waals surface area contributed by atoms with E-state index in [1.165, 1.54) is 5.56 Å². The Balaban J connectivity index is 2.23. The van der Waals surface area contributed by atoms with Crippen LogP contribution in [0.25, 0.3) is 16.9 Å². The van der Waals surface area contributed by atoms with E-state index in [1.54, 1.807) is 12.1 Å². The van der Waals surface area contributed by atoms with Crippen LogP contribution in [0.2, 0.25) is 10.0 Å². The number of hydrogen-bond donors (Lipinski definition) is 0. The molecule has 0 fully saturated rings. The van der Waals surface area contributed by atoms with Crippen LogP contribution in [0.15, 0.2) is 30.3 Å². The molecule has 0 N–H and O–H groups in total. The standard InChI is InChI=1S/C15H11Cl2N2/c1-9-5-10(2)19-8-14(18-15(19)6-9)12-4-3-11(16)7-13(12)17/h3-7H,1-2H3. The first-order valence-corrected chi connectivity index (χ1v) is 6.64. The molecule has 0 saturated carbocycles. The number of aromatic nitrogens is 2. The number of hydrogen-bond acceptors (Lipinski definition) is 1. The molecule has 4 heteroatoms. The Bertz CT molecular complexity index is 775. The summed E-state index contributed by atoms with van der Waals surface area (Å²) >= 11 is 12.1. The lowest BCUT2D eigenvalue weighted by Gasteiger charge is -2.00. The van der Waals surface area contributed by atoms with Gasteiger partial charge in [0.25, 0.3) is 0 Å². The van der Waals surface area contributed by atoms with Crippen molar-refractivity contribution in [1.82, 2.24) is 9.38 Å². The quantitative estimate of drug-likeness (QED) is 0.633. The van der Waals surface area contributed by atoms with Gasteiger partial charge in [0.2, 0.25) is 0 Å². The second-order valence-corrected chi connectivity index (χ2v) is 5.41. The van der Waals surface area contributed by atoms with Gasteiger partial charge in [0, 0.05) is 16.3 Å². The van der Waals surface area contributed by atoms with Crippen molar-refractivity contribution in [2.24, 2.45) is 0 Å². The molecule has 1 radical (unpaired) electrons. The lowest BCUT2D eigenvalue weighted by atomic mass is 10.2. The predicted octanol–water partition coefficient (Wildman–Crippen LogP) is 4.73. The first-order chi connectivity index (χ1) is 9.04. The summed E-state index contributed by atoms with van der Waals surface area (Å²) in [5.74, 6) is 0. The number of fused-ring (bicyclic) bond motifs is 1. The van der Waals surface area contributed by atoms with E-state index in [-0.39, 0.29) is 0 Å². The highest BCUT2D eigenvalue weighted by molar-refractivity contribution is 6.36. The third-order valence-electron chi connectivity index (χ3n) is 3.01. The van der Waals surface area contributed by atoms with Crippen LogP contribution in [0.5, 0.6) is 0 Å². The Kier molecular flexibility index (Phi) is 3.00. The van der Waals surface area contributed by atoms with Crippen LogP contribution >= 0.6 is 23.2 Å². The SMILES string of the molecule is Cc1cc(C)n2[c]c(-c3ccc(Cl)cc3Cl)nc2c1. The molecule has 3 rings (SSSR count). The van der Waals surface area contributed by atoms with Gasteiger partial charge >= 0.3 is 0 Å². The van der Waals surface area contributed by atoms with E-state index in [1.807, 2.05) is 23.5 Å². The Morgan fingerprint density at radius 2 is 1.89 bits per heavy atom. The van der Waals surface area contributed by atoms with Crippen molar-refractivity contribution in [2.45, 2.75) is 13.8 Å². The first-order valence-electron chi connectivity index (χ1n) is 5.89. The van der Waals surface area contributed by atoms with Crippen molar-refractivity contribution in [2.75, 3.05) is 0 Å². The molecule has 3 aromatic rings. The van der Waals surface area contributed by atoms with Crippen LogP contribution in [-0.4, -0.2) is 9.38 Å². The van der Waals surface area contributed by atoms with Crippen molar-refractivity contribution in [3.63, 3.8) is 0 Å². The number of halogens is 2. The number of rotatable bonds is 1. The third kappa shape index (κ3) is 2.22. The fourth-order valence-corrected chi connectivity index (χ4v) is 2.66. The summed E-state index contributed by atoms with van der Waals surface area (Å²) in [5, 5.41) is 1.20. The largest absolute Gasteiger partial charge is 0.295 e. The molecule has 0 aliphatic carbocycles. The highest BCUT2D eigenvalue weighted by Gasteiger charge is 2.10. The highest BCUT2D eigenvalue weighted by Crippen LogP contribution is 2.29. The van der Waals surface area contributed by atoms with E-state index in [9.17, 15) is 0 Å². The lowest BCUT2D eigenvalue weighted by molar-refractivity contribution is 1.07. The summed E-state index contributed by atoms with van der Waals surface area (Å²) in [5.41, 5.74) is 4.72. The molecule has 0 amide bonds. The summed E-state index contributed by atoms with van der Waals surface area (Å²) in [7, 11) is 0. The zero-order valence-corrected chi connectivity index (χ0v) is 12.0. The Morgan fingerprint density at radius 1 is 1.11 bits per heavy atom. The van der Waals surface area contributed by atoms with Gasteiger partial charge < -0.3 is 0 Å². The summed E-state index contributed by atoms with van der Waals surface area (Å²) in [6.45, 7) is 4.09. The molecule has 0 aliphatic rings. The minimum atomic E-state index is 0.585. The fraction of sp³-hybridized carbons (Fsp3) is 0.133. The van der Waals surface area contributed by atoms with E-state index in [0.29, 0.717) is 10.0 Å². The van der Waals surface area contributed by atoms with E-state index in [0.717, 1.165) is 22.6 Å². The van der Waals surface area contributed by atoms with Gasteiger partial charge in [-0.1, -0.05) is 23.2 Å².